The summed E-state index contributed by atoms with van der Waals surface area (Å²) < 4.78 is 26.6. The molecule has 0 aliphatic carbocycles. The lowest BCUT2D eigenvalue weighted by Crippen LogP contribution is -2.39. The molecular formula is C13H22N2O3S. The highest BCUT2D eigenvalue weighted by Gasteiger charge is 2.27. The van der Waals surface area contributed by atoms with Crippen LogP contribution in [0.5, 0.6) is 0 Å². The Hall–Kier alpha value is -1.14. The molecule has 1 heterocycles. The van der Waals surface area contributed by atoms with Gasteiger partial charge in [-0.3, -0.25) is 4.79 Å². The van der Waals surface area contributed by atoms with Crippen molar-refractivity contribution in [2.75, 3.05) is 6.54 Å². The number of hydrogen-bond donors (Lipinski definition) is 1. The van der Waals surface area contributed by atoms with Crippen LogP contribution in [-0.4, -0.2) is 30.3 Å². The Labute approximate surface area is 114 Å². The van der Waals surface area contributed by atoms with Crippen molar-refractivity contribution >= 4 is 10.0 Å². The van der Waals surface area contributed by atoms with Crippen LogP contribution in [0.1, 0.15) is 40.0 Å². The van der Waals surface area contributed by atoms with Crippen molar-refractivity contribution < 1.29 is 8.42 Å². The Morgan fingerprint density at radius 1 is 1.32 bits per heavy atom. The molecule has 0 amide bonds. The van der Waals surface area contributed by atoms with Gasteiger partial charge in [0.1, 0.15) is 0 Å². The Kier molecular flexibility index (Phi) is 5.75. The molecular weight excluding hydrogens is 264 g/mol. The molecule has 0 fully saturated rings. The molecule has 1 atom stereocenters. The molecule has 108 valence electrons. The number of pyridine rings is 1. The molecule has 1 unspecified atom stereocenters. The molecule has 1 N–H and O–H groups in total. The van der Waals surface area contributed by atoms with E-state index in [1.165, 1.54) is 22.6 Å². The van der Waals surface area contributed by atoms with Gasteiger partial charge >= 0.3 is 0 Å². The molecule has 0 aliphatic heterocycles. The minimum Gasteiger partial charge on any atom is -0.328 e. The van der Waals surface area contributed by atoms with E-state index in [1.54, 1.807) is 0 Å². The number of rotatable bonds is 7. The summed E-state index contributed by atoms with van der Waals surface area (Å²) in [5.41, 5.74) is -0.303. The summed E-state index contributed by atoms with van der Waals surface area (Å²) in [7, 11) is -3.54. The smallest absolute Gasteiger partial charge is 0.247 e. The first kappa shape index (κ1) is 15.9. The lowest BCUT2D eigenvalue weighted by Gasteiger charge is -2.27. The van der Waals surface area contributed by atoms with Gasteiger partial charge in [-0.05, 0) is 25.8 Å². The summed E-state index contributed by atoms with van der Waals surface area (Å²) >= 11 is 0. The topological polar surface area (TPSA) is 70.2 Å². The van der Waals surface area contributed by atoms with Crippen LogP contribution in [0.25, 0.3) is 0 Å². The molecule has 1 rings (SSSR count). The van der Waals surface area contributed by atoms with Gasteiger partial charge in [-0.1, -0.05) is 20.3 Å². The molecule has 1 aromatic heterocycles. The highest BCUT2D eigenvalue weighted by Crippen LogP contribution is 2.19. The molecule has 0 saturated carbocycles. The Balaban J connectivity index is 3.11. The number of aromatic amines is 1. The zero-order valence-electron chi connectivity index (χ0n) is 11.7. The zero-order chi connectivity index (χ0) is 14.5. The fourth-order valence-corrected chi connectivity index (χ4v) is 3.50. The number of nitrogens with zero attached hydrogens (tertiary/aromatic N) is 1. The standard InChI is InChI=1S/C13H22N2O3S/c1-4-6-9-15(11(3)5-2)19(17,18)12-7-8-13(16)14-10-12/h7-8,10-11H,4-6,9H2,1-3H3,(H,14,16). The average molecular weight is 286 g/mol. The maximum absolute atomic E-state index is 12.6. The van der Waals surface area contributed by atoms with E-state index in [2.05, 4.69) is 4.98 Å². The van der Waals surface area contributed by atoms with Gasteiger partial charge in [0.05, 0.1) is 4.90 Å². The second-order valence-electron chi connectivity index (χ2n) is 4.62. The average Bonchev–Trinajstić information content (AvgIpc) is 2.39. The SMILES string of the molecule is CCCCN(C(C)CC)S(=O)(=O)c1ccc(=O)[nH]c1. The first-order valence-corrected chi connectivity index (χ1v) is 8.08. The van der Waals surface area contributed by atoms with Crippen LogP contribution < -0.4 is 5.56 Å². The normalized spacial score (nSPS) is 13.7. The third kappa shape index (κ3) is 3.91. The van der Waals surface area contributed by atoms with Crippen LogP contribution in [0, 0.1) is 0 Å². The summed E-state index contributed by atoms with van der Waals surface area (Å²) in [6.45, 7) is 6.40. The molecule has 0 bridgehead atoms. The van der Waals surface area contributed by atoms with Gasteiger partial charge in [0, 0.05) is 24.8 Å². The molecule has 5 nitrogen and oxygen atoms in total. The van der Waals surface area contributed by atoms with Crippen molar-refractivity contribution in [3.63, 3.8) is 0 Å². The highest BCUT2D eigenvalue weighted by atomic mass is 32.2. The predicted octanol–water partition coefficient (Wildman–Crippen LogP) is 1.96. The van der Waals surface area contributed by atoms with Gasteiger partial charge in [-0.15, -0.1) is 0 Å². The maximum atomic E-state index is 12.6. The third-order valence-electron chi connectivity index (χ3n) is 3.18. The molecule has 0 aliphatic rings. The molecule has 19 heavy (non-hydrogen) atoms. The van der Waals surface area contributed by atoms with Crippen molar-refractivity contribution in [3.05, 3.63) is 28.7 Å². The third-order valence-corrected chi connectivity index (χ3v) is 5.19. The minimum absolute atomic E-state index is 0.0523. The molecule has 1 aromatic rings. The van der Waals surface area contributed by atoms with Crippen LogP contribution >= 0.6 is 0 Å². The summed E-state index contributed by atoms with van der Waals surface area (Å²) in [6.07, 6.45) is 3.78. The van der Waals surface area contributed by atoms with E-state index < -0.39 is 10.0 Å². The van der Waals surface area contributed by atoms with Crippen LogP contribution in [0.2, 0.25) is 0 Å². The van der Waals surface area contributed by atoms with E-state index >= 15 is 0 Å². The number of H-pyrrole nitrogens is 1. The molecule has 0 aromatic carbocycles. The van der Waals surface area contributed by atoms with Crippen molar-refractivity contribution in [3.8, 4) is 0 Å². The Morgan fingerprint density at radius 2 is 2.00 bits per heavy atom. The first-order chi connectivity index (χ1) is 8.93. The largest absolute Gasteiger partial charge is 0.328 e. The summed E-state index contributed by atoms with van der Waals surface area (Å²) in [5, 5.41) is 0. The van der Waals surface area contributed by atoms with Crippen molar-refractivity contribution in [2.45, 2.75) is 51.0 Å². The fourth-order valence-electron chi connectivity index (χ4n) is 1.79. The predicted molar refractivity (Wildman–Crippen MR) is 75.6 cm³/mol. The Bertz CT molecular complexity index is 531. The van der Waals surface area contributed by atoms with E-state index in [9.17, 15) is 13.2 Å². The van der Waals surface area contributed by atoms with Gasteiger partial charge in [0.15, 0.2) is 0 Å². The lowest BCUT2D eigenvalue weighted by atomic mass is 10.2. The van der Waals surface area contributed by atoms with Crippen LogP contribution in [0.4, 0.5) is 0 Å². The van der Waals surface area contributed by atoms with Gasteiger partial charge in [-0.25, -0.2) is 8.42 Å². The Morgan fingerprint density at radius 3 is 2.47 bits per heavy atom. The second kappa shape index (κ2) is 6.86. The number of unbranched alkanes of at least 4 members (excludes halogenated alkanes) is 1. The van der Waals surface area contributed by atoms with Gasteiger partial charge in [0.2, 0.25) is 15.6 Å². The molecule has 0 spiro atoms. The molecule has 0 saturated heterocycles. The van der Waals surface area contributed by atoms with E-state index in [1.807, 2.05) is 20.8 Å². The number of aromatic nitrogens is 1. The maximum Gasteiger partial charge on any atom is 0.247 e. The highest BCUT2D eigenvalue weighted by molar-refractivity contribution is 7.89. The zero-order valence-corrected chi connectivity index (χ0v) is 12.5. The van der Waals surface area contributed by atoms with Crippen molar-refractivity contribution in [1.29, 1.82) is 0 Å². The van der Waals surface area contributed by atoms with Crippen LogP contribution in [0.3, 0.4) is 0 Å². The molecule has 0 radical (unpaired) electrons. The number of sulfonamides is 1. The van der Waals surface area contributed by atoms with E-state index in [-0.39, 0.29) is 16.5 Å². The van der Waals surface area contributed by atoms with Gasteiger partial charge in [-0.2, -0.15) is 4.31 Å². The van der Waals surface area contributed by atoms with E-state index in [0.29, 0.717) is 6.54 Å². The lowest BCUT2D eigenvalue weighted by molar-refractivity contribution is 0.324. The van der Waals surface area contributed by atoms with E-state index in [0.717, 1.165) is 19.3 Å². The second-order valence-corrected chi connectivity index (χ2v) is 6.51. The quantitative estimate of drug-likeness (QED) is 0.833. The summed E-state index contributed by atoms with van der Waals surface area (Å²) in [4.78, 5) is 13.6. The monoisotopic (exact) mass is 286 g/mol. The van der Waals surface area contributed by atoms with Crippen LogP contribution in [0.15, 0.2) is 28.0 Å². The van der Waals surface area contributed by atoms with Crippen molar-refractivity contribution in [1.82, 2.24) is 9.29 Å². The van der Waals surface area contributed by atoms with Crippen LogP contribution in [-0.2, 0) is 10.0 Å². The van der Waals surface area contributed by atoms with E-state index in [4.69, 9.17) is 0 Å². The van der Waals surface area contributed by atoms with Gasteiger partial charge < -0.3 is 4.98 Å². The molecule has 6 heteroatoms. The number of nitrogens with one attached hydrogen (secondary N) is 1. The summed E-state index contributed by atoms with van der Waals surface area (Å²) in [5.74, 6) is 0. The fraction of sp³-hybridized carbons (Fsp3) is 0.615. The van der Waals surface area contributed by atoms with Gasteiger partial charge in [0.25, 0.3) is 0 Å². The summed E-state index contributed by atoms with van der Waals surface area (Å²) in [6, 6.07) is 2.54. The number of hydrogen-bond acceptors (Lipinski definition) is 3. The minimum atomic E-state index is -3.54. The van der Waals surface area contributed by atoms with Crippen molar-refractivity contribution in [2.24, 2.45) is 0 Å². The first-order valence-electron chi connectivity index (χ1n) is 6.64.